The van der Waals surface area contributed by atoms with E-state index < -0.39 is 0 Å². The van der Waals surface area contributed by atoms with Crippen molar-refractivity contribution < 1.29 is 9.53 Å². The van der Waals surface area contributed by atoms with Gasteiger partial charge in [-0.2, -0.15) is 5.10 Å². The first-order valence-corrected chi connectivity index (χ1v) is 8.93. The molecule has 0 bridgehead atoms. The summed E-state index contributed by atoms with van der Waals surface area (Å²) in [5.41, 5.74) is 1.97. The third-order valence-corrected chi connectivity index (χ3v) is 4.05. The summed E-state index contributed by atoms with van der Waals surface area (Å²) in [7, 11) is 3.75. The highest BCUT2D eigenvalue weighted by Crippen LogP contribution is 2.32. The molecule has 7 heteroatoms. The number of aromatic nitrogens is 3. The Balaban J connectivity index is 1.74. The minimum absolute atomic E-state index is 0.0324. The maximum Gasteiger partial charge on any atom is 0.239 e. The highest BCUT2D eigenvalue weighted by atomic mass is 16.5. The molecule has 1 amide bonds. The number of pyridine rings is 1. The van der Waals surface area contributed by atoms with Crippen LogP contribution in [0, 0.1) is 0 Å². The molecule has 142 valence electrons. The molecule has 0 unspecified atom stereocenters. The van der Waals surface area contributed by atoms with Crippen molar-refractivity contribution in [1.29, 1.82) is 0 Å². The van der Waals surface area contributed by atoms with Crippen LogP contribution in [-0.2, 0) is 18.4 Å². The molecule has 3 aromatic rings. The van der Waals surface area contributed by atoms with Crippen LogP contribution in [0.4, 0.5) is 5.82 Å². The van der Waals surface area contributed by atoms with Crippen LogP contribution < -0.4 is 10.1 Å². The fourth-order valence-electron chi connectivity index (χ4n) is 3.00. The molecular weight excluding hydrogens is 342 g/mol. The predicted octanol–water partition coefficient (Wildman–Crippen LogP) is 2.83. The zero-order valence-electron chi connectivity index (χ0n) is 16.1. The number of aryl methyl sites for hydroxylation is 1. The lowest BCUT2D eigenvalue weighted by Gasteiger charge is -2.16. The molecule has 27 heavy (non-hydrogen) atoms. The van der Waals surface area contributed by atoms with E-state index in [1.807, 2.05) is 63.2 Å². The molecule has 1 N–H and O–H groups in total. The molecule has 2 aromatic heterocycles. The normalized spacial score (nSPS) is 11.3. The van der Waals surface area contributed by atoms with Crippen molar-refractivity contribution in [2.45, 2.75) is 26.5 Å². The molecule has 2 heterocycles. The minimum Gasteiger partial charge on any atom is -0.490 e. The number of carbonyl (C=O) groups is 1. The van der Waals surface area contributed by atoms with E-state index in [-0.39, 0.29) is 18.6 Å². The van der Waals surface area contributed by atoms with Gasteiger partial charge < -0.3 is 10.1 Å². The summed E-state index contributed by atoms with van der Waals surface area (Å²) < 4.78 is 7.65. The fraction of sp³-hybridized carbons (Fsp3) is 0.350. The molecule has 0 fully saturated rings. The summed E-state index contributed by atoms with van der Waals surface area (Å²) in [6, 6.07) is 9.66. The minimum atomic E-state index is -0.124. The van der Waals surface area contributed by atoms with E-state index >= 15 is 0 Å². The lowest BCUT2D eigenvalue weighted by molar-refractivity contribution is -0.117. The van der Waals surface area contributed by atoms with Crippen LogP contribution in [-0.4, -0.2) is 45.3 Å². The van der Waals surface area contributed by atoms with Gasteiger partial charge in [0.15, 0.2) is 5.82 Å². The SMILES string of the molecule is CC(C)Oc1cccc2c1c(NC(=O)CN(C)Cc1cccnc1)nn2C. The number of ether oxygens (including phenoxy) is 1. The number of amides is 1. The topological polar surface area (TPSA) is 72.3 Å². The van der Waals surface area contributed by atoms with Crippen molar-refractivity contribution in [3.8, 4) is 5.75 Å². The summed E-state index contributed by atoms with van der Waals surface area (Å²) in [5, 5.41) is 8.21. The number of anilines is 1. The first-order chi connectivity index (χ1) is 12.9. The van der Waals surface area contributed by atoms with E-state index in [0.29, 0.717) is 12.4 Å². The van der Waals surface area contributed by atoms with E-state index in [9.17, 15) is 4.79 Å². The Morgan fingerprint density at radius 1 is 1.30 bits per heavy atom. The van der Waals surface area contributed by atoms with Gasteiger partial charge in [0.2, 0.25) is 5.91 Å². The molecule has 0 radical (unpaired) electrons. The van der Waals surface area contributed by atoms with Gasteiger partial charge in [-0.25, -0.2) is 0 Å². The summed E-state index contributed by atoms with van der Waals surface area (Å²) in [5.74, 6) is 1.11. The molecule has 0 saturated carbocycles. The van der Waals surface area contributed by atoms with Crippen molar-refractivity contribution >= 4 is 22.6 Å². The van der Waals surface area contributed by atoms with Crippen molar-refractivity contribution in [2.24, 2.45) is 7.05 Å². The summed E-state index contributed by atoms with van der Waals surface area (Å²) in [6.45, 7) is 4.84. The Hall–Kier alpha value is -2.93. The van der Waals surface area contributed by atoms with Gasteiger partial charge in [0.25, 0.3) is 0 Å². The highest BCUT2D eigenvalue weighted by Gasteiger charge is 2.17. The average molecular weight is 367 g/mol. The van der Waals surface area contributed by atoms with Crippen molar-refractivity contribution in [3.05, 3.63) is 48.3 Å². The van der Waals surface area contributed by atoms with Crippen LogP contribution in [0.1, 0.15) is 19.4 Å². The first-order valence-electron chi connectivity index (χ1n) is 8.93. The molecule has 0 spiro atoms. The van der Waals surface area contributed by atoms with E-state index in [0.717, 1.165) is 22.2 Å². The van der Waals surface area contributed by atoms with E-state index in [2.05, 4.69) is 15.4 Å². The molecule has 0 aliphatic heterocycles. The number of nitrogens with one attached hydrogen (secondary N) is 1. The first kappa shape index (κ1) is 18.8. The quantitative estimate of drug-likeness (QED) is 0.695. The van der Waals surface area contributed by atoms with Gasteiger partial charge in [-0.15, -0.1) is 0 Å². The summed E-state index contributed by atoms with van der Waals surface area (Å²) >= 11 is 0. The number of nitrogens with zero attached hydrogens (tertiary/aromatic N) is 4. The van der Waals surface area contributed by atoms with E-state index in [1.165, 1.54) is 0 Å². The second kappa shape index (κ2) is 8.18. The molecule has 3 rings (SSSR count). The number of carbonyl (C=O) groups excluding carboxylic acids is 1. The largest absolute Gasteiger partial charge is 0.490 e. The van der Waals surface area contributed by atoms with Crippen LogP contribution in [0.2, 0.25) is 0 Å². The zero-order chi connectivity index (χ0) is 19.4. The van der Waals surface area contributed by atoms with Crippen LogP contribution in [0.5, 0.6) is 5.75 Å². The Labute approximate surface area is 159 Å². The Morgan fingerprint density at radius 3 is 2.81 bits per heavy atom. The number of hydrogen-bond acceptors (Lipinski definition) is 5. The summed E-state index contributed by atoms with van der Waals surface area (Å²) in [6.07, 6.45) is 3.57. The van der Waals surface area contributed by atoms with Crippen LogP contribution in [0.25, 0.3) is 10.9 Å². The van der Waals surface area contributed by atoms with E-state index in [1.54, 1.807) is 17.1 Å². The second-order valence-electron chi connectivity index (χ2n) is 6.87. The number of fused-ring (bicyclic) bond motifs is 1. The van der Waals surface area contributed by atoms with Gasteiger partial charge in [0, 0.05) is 26.0 Å². The number of likely N-dealkylation sites (N-methyl/N-ethyl adjacent to an activating group) is 1. The third kappa shape index (κ3) is 4.62. The maximum absolute atomic E-state index is 12.5. The molecule has 0 saturated heterocycles. The van der Waals surface area contributed by atoms with Gasteiger partial charge in [-0.05, 0) is 44.7 Å². The molecule has 1 aromatic carbocycles. The highest BCUT2D eigenvalue weighted by molar-refractivity contribution is 6.03. The molecule has 0 atom stereocenters. The predicted molar refractivity (Wildman–Crippen MR) is 106 cm³/mol. The molecule has 0 aliphatic rings. The van der Waals surface area contributed by atoms with Gasteiger partial charge in [-0.1, -0.05) is 12.1 Å². The summed E-state index contributed by atoms with van der Waals surface area (Å²) in [4.78, 5) is 18.6. The molecular formula is C20H25N5O2. The Bertz CT molecular complexity index is 921. The standard InChI is InChI=1S/C20H25N5O2/c1-14(2)27-17-9-5-8-16-19(17)20(23-25(16)4)22-18(26)13-24(3)12-15-7-6-10-21-11-15/h5-11,14H,12-13H2,1-4H3,(H,22,23,26). The monoisotopic (exact) mass is 367 g/mol. The lowest BCUT2D eigenvalue weighted by Crippen LogP contribution is -2.30. The fourth-order valence-corrected chi connectivity index (χ4v) is 3.00. The van der Waals surface area contributed by atoms with Crippen molar-refractivity contribution in [1.82, 2.24) is 19.7 Å². The number of rotatable bonds is 7. The van der Waals surface area contributed by atoms with Crippen molar-refractivity contribution in [2.75, 3.05) is 18.9 Å². The Kier molecular flexibility index (Phi) is 5.71. The van der Waals surface area contributed by atoms with Crippen molar-refractivity contribution in [3.63, 3.8) is 0 Å². The molecule has 7 nitrogen and oxygen atoms in total. The second-order valence-corrected chi connectivity index (χ2v) is 6.87. The lowest BCUT2D eigenvalue weighted by atomic mass is 10.2. The average Bonchev–Trinajstić information content (AvgIpc) is 2.92. The van der Waals surface area contributed by atoms with Gasteiger partial charge in [0.1, 0.15) is 5.75 Å². The maximum atomic E-state index is 12.5. The number of benzene rings is 1. The van der Waals surface area contributed by atoms with Gasteiger partial charge in [-0.3, -0.25) is 19.4 Å². The van der Waals surface area contributed by atoms with Crippen LogP contribution >= 0.6 is 0 Å². The zero-order valence-corrected chi connectivity index (χ0v) is 16.1. The van der Waals surface area contributed by atoms with Crippen LogP contribution in [0.3, 0.4) is 0 Å². The van der Waals surface area contributed by atoms with E-state index in [4.69, 9.17) is 4.74 Å². The number of hydrogen-bond donors (Lipinski definition) is 1. The van der Waals surface area contributed by atoms with Gasteiger partial charge in [0.05, 0.1) is 23.6 Å². The van der Waals surface area contributed by atoms with Crippen LogP contribution in [0.15, 0.2) is 42.7 Å². The third-order valence-electron chi connectivity index (χ3n) is 4.05. The smallest absolute Gasteiger partial charge is 0.239 e. The Morgan fingerprint density at radius 2 is 2.11 bits per heavy atom. The van der Waals surface area contributed by atoms with Gasteiger partial charge >= 0.3 is 0 Å². The molecule has 0 aliphatic carbocycles.